The number of carbonyl (C=O) groups is 1. The second-order valence-corrected chi connectivity index (χ2v) is 6.31. The third kappa shape index (κ3) is 3.25. The third-order valence-electron chi connectivity index (χ3n) is 4.50. The van der Waals surface area contributed by atoms with Crippen LogP contribution in [0, 0.1) is 0 Å². The van der Waals surface area contributed by atoms with Gasteiger partial charge in [0.05, 0.1) is 37.9 Å². The van der Waals surface area contributed by atoms with E-state index in [1.165, 1.54) is 6.07 Å². The smallest absolute Gasteiger partial charge is 0.252 e. The van der Waals surface area contributed by atoms with Crippen LogP contribution < -0.4 is 15.6 Å². The van der Waals surface area contributed by atoms with E-state index >= 15 is 0 Å². The maximum Gasteiger partial charge on any atom is 0.252 e. The molecule has 1 aromatic carbocycles. The Hall–Kier alpha value is -2.38. The molecular weight excluding hydrogens is 324 g/mol. The summed E-state index contributed by atoms with van der Waals surface area (Å²) >= 11 is 0. The molecule has 1 aliphatic carbocycles. The van der Waals surface area contributed by atoms with Gasteiger partial charge >= 0.3 is 0 Å². The van der Waals surface area contributed by atoms with Crippen molar-refractivity contribution in [3.8, 4) is 5.75 Å². The minimum Gasteiger partial charge on any atom is -0.497 e. The molecule has 0 spiro atoms. The Morgan fingerprint density at radius 3 is 2.72 bits per heavy atom. The Balaban J connectivity index is 1.81. The Morgan fingerprint density at radius 1 is 1.28 bits per heavy atom. The van der Waals surface area contributed by atoms with E-state index < -0.39 is 6.29 Å². The number of pyridine rings is 1. The predicted molar refractivity (Wildman–Crippen MR) is 90.9 cm³/mol. The van der Waals surface area contributed by atoms with E-state index in [-0.39, 0.29) is 24.1 Å². The van der Waals surface area contributed by atoms with Gasteiger partial charge in [0.15, 0.2) is 6.29 Å². The number of nitrogens with zero attached hydrogens (tertiary/aromatic N) is 1. The number of hydrogen-bond acceptors (Lipinski definition) is 5. The fourth-order valence-electron chi connectivity index (χ4n) is 3.02. The maximum absolute atomic E-state index is 12.7. The van der Waals surface area contributed by atoms with Gasteiger partial charge in [-0.25, -0.2) is 0 Å². The van der Waals surface area contributed by atoms with Crippen LogP contribution in [0.3, 0.4) is 0 Å². The zero-order chi connectivity index (χ0) is 17.4. The van der Waals surface area contributed by atoms with Gasteiger partial charge in [0.2, 0.25) is 0 Å². The minimum atomic E-state index is -0.460. The normalized spacial score (nSPS) is 17.8. The Labute approximate surface area is 144 Å². The van der Waals surface area contributed by atoms with Crippen LogP contribution in [0.1, 0.15) is 23.2 Å². The van der Waals surface area contributed by atoms with Gasteiger partial charge in [0.1, 0.15) is 5.75 Å². The second-order valence-electron chi connectivity index (χ2n) is 6.31. The third-order valence-corrected chi connectivity index (χ3v) is 4.50. The molecule has 1 saturated heterocycles. The minimum absolute atomic E-state index is 0.213. The summed E-state index contributed by atoms with van der Waals surface area (Å²) in [6.45, 7) is 1.30. The lowest BCUT2D eigenvalue weighted by Gasteiger charge is -2.17. The highest BCUT2D eigenvalue weighted by Crippen LogP contribution is 2.25. The van der Waals surface area contributed by atoms with E-state index in [4.69, 9.17) is 14.2 Å². The first-order chi connectivity index (χ1) is 12.2. The number of ether oxygens (including phenoxy) is 3. The first-order valence-corrected chi connectivity index (χ1v) is 8.41. The Morgan fingerprint density at radius 2 is 2.04 bits per heavy atom. The van der Waals surface area contributed by atoms with Gasteiger partial charge in [-0.05, 0) is 25.0 Å². The zero-order valence-corrected chi connectivity index (χ0v) is 14.0. The van der Waals surface area contributed by atoms with Crippen molar-refractivity contribution in [1.82, 2.24) is 9.88 Å². The molecule has 0 radical (unpaired) electrons. The first kappa shape index (κ1) is 16.1. The number of carbonyl (C=O) groups excluding carboxylic acids is 1. The summed E-state index contributed by atoms with van der Waals surface area (Å²) in [5, 5.41) is 3.65. The number of amides is 1. The molecule has 1 saturated carbocycles. The molecule has 0 bridgehead atoms. The number of benzene rings is 1. The van der Waals surface area contributed by atoms with E-state index in [1.54, 1.807) is 23.8 Å². The van der Waals surface area contributed by atoms with Crippen molar-refractivity contribution in [2.75, 3.05) is 20.3 Å². The molecule has 2 fully saturated rings. The quantitative estimate of drug-likeness (QED) is 0.884. The van der Waals surface area contributed by atoms with E-state index in [9.17, 15) is 9.59 Å². The predicted octanol–water partition coefficient (Wildman–Crippen LogP) is 1.28. The SMILES string of the molecule is COc1ccc2c(C(=O)NC3CC3)cc(=O)n(CC3OCCO3)c2c1. The lowest BCUT2D eigenvalue weighted by molar-refractivity contribution is -0.0522. The highest BCUT2D eigenvalue weighted by atomic mass is 16.7. The fourth-order valence-corrected chi connectivity index (χ4v) is 3.02. The van der Waals surface area contributed by atoms with Crippen molar-refractivity contribution in [2.24, 2.45) is 0 Å². The monoisotopic (exact) mass is 344 g/mol. The second kappa shape index (κ2) is 6.50. The molecule has 2 heterocycles. The van der Waals surface area contributed by atoms with E-state index in [0.29, 0.717) is 35.4 Å². The van der Waals surface area contributed by atoms with Crippen LogP contribution in [0.15, 0.2) is 29.1 Å². The number of nitrogens with one attached hydrogen (secondary N) is 1. The van der Waals surface area contributed by atoms with Crippen molar-refractivity contribution < 1.29 is 19.0 Å². The van der Waals surface area contributed by atoms with Gasteiger partial charge in [-0.3, -0.25) is 9.59 Å². The molecule has 132 valence electrons. The molecule has 0 atom stereocenters. The Bertz CT molecular complexity index is 866. The highest BCUT2D eigenvalue weighted by molar-refractivity contribution is 6.06. The summed E-state index contributed by atoms with van der Waals surface area (Å²) in [6, 6.07) is 6.97. The molecule has 7 heteroatoms. The van der Waals surface area contributed by atoms with Gasteiger partial charge in [-0.2, -0.15) is 0 Å². The first-order valence-electron chi connectivity index (χ1n) is 8.41. The number of fused-ring (bicyclic) bond motifs is 1. The van der Waals surface area contributed by atoms with Crippen LogP contribution in [0.25, 0.3) is 10.9 Å². The van der Waals surface area contributed by atoms with Crippen LogP contribution in [-0.2, 0) is 16.0 Å². The summed E-state index contributed by atoms with van der Waals surface area (Å²) in [4.78, 5) is 25.2. The van der Waals surface area contributed by atoms with Crippen molar-refractivity contribution in [2.45, 2.75) is 31.7 Å². The summed E-state index contributed by atoms with van der Waals surface area (Å²) in [6.07, 6.45) is 1.52. The summed E-state index contributed by atoms with van der Waals surface area (Å²) in [5.74, 6) is 0.406. The van der Waals surface area contributed by atoms with Crippen LogP contribution in [0.5, 0.6) is 5.75 Å². The Kier molecular flexibility index (Phi) is 4.19. The lowest BCUT2D eigenvalue weighted by Crippen LogP contribution is -2.31. The van der Waals surface area contributed by atoms with Gasteiger partial charge in [0, 0.05) is 23.6 Å². The molecule has 1 aliphatic heterocycles. The van der Waals surface area contributed by atoms with Gasteiger partial charge in [-0.15, -0.1) is 0 Å². The van der Waals surface area contributed by atoms with Crippen molar-refractivity contribution in [3.05, 3.63) is 40.2 Å². The van der Waals surface area contributed by atoms with Crippen LogP contribution >= 0.6 is 0 Å². The van der Waals surface area contributed by atoms with Gasteiger partial charge in [0.25, 0.3) is 11.5 Å². The average Bonchev–Trinajstić information content (AvgIpc) is 3.28. The number of aromatic nitrogens is 1. The molecule has 2 aliphatic rings. The molecule has 1 N–H and O–H groups in total. The van der Waals surface area contributed by atoms with E-state index in [1.807, 2.05) is 6.07 Å². The molecule has 4 rings (SSSR count). The number of methoxy groups -OCH3 is 1. The summed E-state index contributed by atoms with van der Waals surface area (Å²) in [7, 11) is 1.57. The topological polar surface area (TPSA) is 78.8 Å². The van der Waals surface area contributed by atoms with Crippen molar-refractivity contribution in [1.29, 1.82) is 0 Å². The van der Waals surface area contributed by atoms with Crippen molar-refractivity contribution in [3.63, 3.8) is 0 Å². The van der Waals surface area contributed by atoms with Crippen molar-refractivity contribution >= 4 is 16.8 Å². The number of hydrogen-bond donors (Lipinski definition) is 1. The number of rotatable bonds is 5. The maximum atomic E-state index is 12.7. The van der Waals surface area contributed by atoms with E-state index in [0.717, 1.165) is 12.8 Å². The average molecular weight is 344 g/mol. The molecule has 7 nitrogen and oxygen atoms in total. The van der Waals surface area contributed by atoms with Crippen LogP contribution in [-0.4, -0.2) is 43.1 Å². The molecule has 25 heavy (non-hydrogen) atoms. The van der Waals surface area contributed by atoms with E-state index in [2.05, 4.69) is 5.32 Å². The fraction of sp³-hybridized carbons (Fsp3) is 0.444. The molecule has 0 unspecified atom stereocenters. The largest absolute Gasteiger partial charge is 0.497 e. The van der Waals surface area contributed by atoms with Gasteiger partial charge < -0.3 is 24.1 Å². The molecule has 1 amide bonds. The molecule has 1 aromatic heterocycles. The van der Waals surface area contributed by atoms with Crippen LogP contribution in [0.2, 0.25) is 0 Å². The molecular formula is C18H20N2O5. The standard InChI is InChI=1S/C18H20N2O5/c1-23-12-4-5-13-14(18(22)19-11-2-3-11)9-16(21)20(15(13)8-12)10-17-24-6-7-25-17/h4-5,8-9,11,17H,2-3,6-7,10H2,1H3,(H,19,22). The van der Waals surface area contributed by atoms with Gasteiger partial charge in [-0.1, -0.05) is 0 Å². The highest BCUT2D eigenvalue weighted by Gasteiger charge is 2.26. The summed E-state index contributed by atoms with van der Waals surface area (Å²) < 4.78 is 17.8. The van der Waals surface area contributed by atoms with Crippen LogP contribution in [0.4, 0.5) is 0 Å². The lowest BCUT2D eigenvalue weighted by atomic mass is 10.1. The summed E-state index contributed by atoms with van der Waals surface area (Å²) in [5.41, 5.74) is 0.756. The zero-order valence-electron chi connectivity index (χ0n) is 14.0. The molecule has 2 aromatic rings.